The Balaban J connectivity index is 0.000000120. The number of nitrogens with zero attached hydrogens (tertiary/aromatic N) is 8. The summed E-state index contributed by atoms with van der Waals surface area (Å²) in [6.45, 7) is 26.1. The molecule has 0 aliphatic heterocycles. The molecule has 8 aliphatic carbocycles. The lowest BCUT2D eigenvalue weighted by atomic mass is 9.73. The molecule has 0 spiro atoms. The van der Waals surface area contributed by atoms with Gasteiger partial charge < -0.3 is 21.3 Å². The van der Waals surface area contributed by atoms with Crippen LogP contribution in [0.1, 0.15) is 263 Å². The van der Waals surface area contributed by atoms with E-state index in [1.807, 2.05) is 6.92 Å². The molecule has 4 fully saturated rings. The Hall–Kier alpha value is -8.10. The molecule has 16 nitrogen and oxygen atoms in total. The third kappa shape index (κ3) is 10.4. The van der Waals surface area contributed by atoms with Gasteiger partial charge in [-0.2, -0.15) is 20.4 Å². The molecule has 8 aromatic rings. The van der Waals surface area contributed by atoms with E-state index in [0.29, 0.717) is 45.1 Å². The average molecular weight is 1410 g/mol. The molecule has 4 aromatic carbocycles. The SMILES string of the molecule is Cc1ccc2c(c1)C1(NC(=O)c3cn(C)nc3C(F)F)CCC2C1(C)C.Cc1ccc2c(c1)C1(NC(=O)c3cnn(C)c3Cl)CCC2C1(C)C.Cc1ccc2c(c1)C1CCC2(NC(=O)c2cn(C)nc2C(F)F)C1(C)C.Cc1ccc2c(c1)C1CCC2(NC(=O)c2cnn(C)c2Cl)C1(C)C. The van der Waals surface area contributed by atoms with Crippen LogP contribution >= 0.6 is 23.2 Å². The fourth-order valence-corrected chi connectivity index (χ4v) is 20.3. The van der Waals surface area contributed by atoms with Gasteiger partial charge in [0.15, 0.2) is 0 Å². The van der Waals surface area contributed by atoms with Crippen molar-refractivity contribution < 1.29 is 36.7 Å². The minimum absolute atomic E-state index is 0.0204. The largest absolute Gasteiger partial charge is 0.342 e. The van der Waals surface area contributed by atoms with Crippen LogP contribution in [0.4, 0.5) is 17.6 Å². The average Bonchev–Trinajstić information content (AvgIpc) is 1.55. The van der Waals surface area contributed by atoms with E-state index in [1.165, 1.54) is 81.2 Å². The number of amides is 4. The van der Waals surface area contributed by atoms with Crippen molar-refractivity contribution in [1.29, 1.82) is 0 Å². The van der Waals surface area contributed by atoms with Gasteiger partial charge in [-0.15, -0.1) is 0 Å². The molecular formula is C78H90Cl2F4N12O4. The Kier molecular flexibility index (Phi) is 17.1. The van der Waals surface area contributed by atoms with E-state index in [0.717, 1.165) is 68.1 Å². The van der Waals surface area contributed by atoms with Gasteiger partial charge in [0, 0.05) is 40.6 Å². The lowest BCUT2D eigenvalue weighted by molar-refractivity contribution is 0.0791. The molecule has 8 bridgehead atoms. The number of rotatable bonds is 10. The van der Waals surface area contributed by atoms with Crippen LogP contribution in [-0.2, 0) is 50.3 Å². The molecule has 22 heteroatoms. The molecule has 4 N–H and O–H groups in total. The second-order valence-corrected chi connectivity index (χ2v) is 32.5. The predicted octanol–water partition coefficient (Wildman–Crippen LogP) is 16.3. The maximum atomic E-state index is 13.3. The van der Waals surface area contributed by atoms with Crippen molar-refractivity contribution in [3.63, 3.8) is 0 Å². The zero-order valence-electron chi connectivity index (χ0n) is 59.8. The molecule has 4 saturated carbocycles. The summed E-state index contributed by atoms with van der Waals surface area (Å²) in [4.78, 5) is 51.9. The highest BCUT2D eigenvalue weighted by molar-refractivity contribution is 6.33. The molecule has 4 amide bonds. The Labute approximate surface area is 592 Å². The van der Waals surface area contributed by atoms with E-state index in [-0.39, 0.29) is 55.7 Å². The minimum atomic E-state index is -2.78. The van der Waals surface area contributed by atoms with Gasteiger partial charge >= 0.3 is 0 Å². The second kappa shape index (κ2) is 24.3. The molecule has 8 aliphatic rings. The molecule has 100 heavy (non-hydrogen) atoms. The fourth-order valence-electron chi connectivity index (χ4n) is 19.9. The zero-order valence-corrected chi connectivity index (χ0v) is 61.3. The summed E-state index contributed by atoms with van der Waals surface area (Å²) < 4.78 is 58.7. The maximum absolute atomic E-state index is 13.3. The molecule has 8 atom stereocenters. The summed E-state index contributed by atoms with van der Waals surface area (Å²) >= 11 is 12.4. The van der Waals surface area contributed by atoms with Crippen molar-refractivity contribution in [3.8, 4) is 0 Å². The highest BCUT2D eigenvalue weighted by Crippen LogP contribution is 2.70. The van der Waals surface area contributed by atoms with Crippen molar-refractivity contribution >= 4 is 46.8 Å². The standard InChI is InChI=1S/2C20H23F2N3O.2C19H22ClN3O/c1-11-5-6-15-12(9-11)14-7-8-20(15,19(14,2)3)23-18(26)13-10-25(4)24-16(13)17(21)22;1-11-5-6-12-14-7-8-20(15(12)9-11,19(14,2)3)23-18(26)13-10-25(4)24-16(13)17(21)22;1-11-5-6-15-12(9-11)14-7-8-19(15,18(14,2)3)22-17(24)13-10-21-23(4)16(13)20;1-11-5-6-12-14-7-8-19(15(12)9-11,18(14,2)3)22-17(24)13-10-21-23(4)16(13)20/h2*5-6,9-10,14,17H,7-8H2,1-4H3,(H,23,26);2*5-6,9-10,14H,7-8H2,1-4H3,(H,22,24). The first-order valence-electron chi connectivity index (χ1n) is 34.6. The molecule has 528 valence electrons. The van der Waals surface area contributed by atoms with E-state index >= 15 is 0 Å². The number of carbonyl (C=O) groups excluding carboxylic acids is 4. The topological polar surface area (TPSA) is 188 Å². The van der Waals surface area contributed by atoms with Gasteiger partial charge in [0.1, 0.15) is 21.7 Å². The summed E-state index contributed by atoms with van der Waals surface area (Å²) in [5.74, 6) is 0.455. The van der Waals surface area contributed by atoms with Crippen LogP contribution in [0.3, 0.4) is 0 Å². The van der Waals surface area contributed by atoms with Crippen molar-refractivity contribution in [3.05, 3.63) is 208 Å². The monoisotopic (exact) mass is 1400 g/mol. The van der Waals surface area contributed by atoms with Gasteiger partial charge in [-0.05, 0) is 169 Å². The first kappa shape index (κ1) is 70.3. The maximum Gasteiger partial charge on any atom is 0.282 e. The van der Waals surface area contributed by atoms with Crippen LogP contribution < -0.4 is 21.3 Å². The Morgan fingerprint density at radius 2 is 0.700 bits per heavy atom. The number of aryl methyl sites for hydroxylation is 8. The van der Waals surface area contributed by atoms with E-state index in [4.69, 9.17) is 23.2 Å². The number of carbonyl (C=O) groups is 4. The number of halogens is 6. The second-order valence-electron chi connectivity index (χ2n) is 31.8. The molecule has 8 unspecified atom stereocenters. The quantitative estimate of drug-likeness (QED) is 0.0974. The summed E-state index contributed by atoms with van der Waals surface area (Å²) in [5.41, 5.74) is 12.7. The first-order valence-corrected chi connectivity index (χ1v) is 35.4. The smallest absolute Gasteiger partial charge is 0.282 e. The van der Waals surface area contributed by atoms with Gasteiger partial charge in [0.25, 0.3) is 36.5 Å². The molecule has 4 aromatic heterocycles. The van der Waals surface area contributed by atoms with E-state index in [9.17, 15) is 36.7 Å². The van der Waals surface area contributed by atoms with Crippen LogP contribution in [0.2, 0.25) is 10.3 Å². The lowest BCUT2D eigenvalue weighted by Crippen LogP contribution is -2.51. The predicted molar refractivity (Wildman–Crippen MR) is 377 cm³/mol. The van der Waals surface area contributed by atoms with Crippen LogP contribution in [0, 0.1) is 49.4 Å². The van der Waals surface area contributed by atoms with Gasteiger partial charge in [-0.25, -0.2) is 17.6 Å². The lowest BCUT2D eigenvalue weighted by Gasteiger charge is -2.40. The normalized spacial score (nSPS) is 26.0. The Morgan fingerprint density at radius 1 is 0.420 bits per heavy atom. The molecule has 0 radical (unpaired) electrons. The van der Waals surface area contributed by atoms with Gasteiger partial charge in [0.2, 0.25) is 0 Å². The summed E-state index contributed by atoms with van der Waals surface area (Å²) in [6.07, 6.45) is 8.00. The molecular weight excluding hydrogens is 1320 g/mol. The zero-order chi connectivity index (χ0) is 72.3. The van der Waals surface area contributed by atoms with Gasteiger partial charge in [0.05, 0.1) is 56.8 Å². The van der Waals surface area contributed by atoms with E-state index in [1.54, 1.807) is 40.6 Å². The number of fused-ring (bicyclic) bond motifs is 20. The van der Waals surface area contributed by atoms with Crippen molar-refractivity contribution in [2.45, 2.75) is 193 Å². The number of hydrogen-bond acceptors (Lipinski definition) is 8. The van der Waals surface area contributed by atoms with Crippen LogP contribution in [0.25, 0.3) is 0 Å². The number of hydrogen-bond donors (Lipinski definition) is 4. The highest BCUT2D eigenvalue weighted by Gasteiger charge is 2.66. The van der Waals surface area contributed by atoms with Crippen LogP contribution in [0.5, 0.6) is 0 Å². The van der Waals surface area contributed by atoms with Gasteiger partial charge in [-0.3, -0.25) is 37.9 Å². The highest BCUT2D eigenvalue weighted by atomic mass is 35.5. The fraction of sp³-hybridized carbons (Fsp3) is 0.487. The summed E-state index contributed by atoms with van der Waals surface area (Å²) in [6, 6.07) is 26.0. The molecule has 0 saturated heterocycles. The number of benzene rings is 4. The number of aromatic nitrogens is 8. The first-order chi connectivity index (χ1) is 46.9. The van der Waals surface area contributed by atoms with Gasteiger partial charge in [-0.1, -0.05) is 174 Å². The minimum Gasteiger partial charge on any atom is -0.342 e. The third-order valence-corrected chi connectivity index (χ3v) is 26.3. The molecule has 4 heterocycles. The van der Waals surface area contributed by atoms with E-state index in [2.05, 4.69) is 191 Å². The van der Waals surface area contributed by atoms with Crippen molar-refractivity contribution in [2.75, 3.05) is 0 Å². The molecule has 16 rings (SSSR count). The number of nitrogens with one attached hydrogen (secondary N) is 4. The van der Waals surface area contributed by atoms with Crippen LogP contribution in [0.15, 0.2) is 97.6 Å². The Morgan fingerprint density at radius 3 is 1.00 bits per heavy atom. The Bertz CT molecular complexity index is 4670. The third-order valence-electron chi connectivity index (χ3n) is 25.4. The van der Waals surface area contributed by atoms with Crippen molar-refractivity contribution in [2.24, 2.45) is 49.9 Å². The van der Waals surface area contributed by atoms with Crippen molar-refractivity contribution in [1.82, 2.24) is 60.4 Å². The number of alkyl halides is 4. The summed E-state index contributed by atoms with van der Waals surface area (Å²) in [5, 5.41) is 29.5. The van der Waals surface area contributed by atoms with Crippen LogP contribution in [-0.4, -0.2) is 62.8 Å². The summed E-state index contributed by atoms with van der Waals surface area (Å²) in [7, 11) is 6.57. The van der Waals surface area contributed by atoms with E-state index < -0.39 is 47.1 Å².